The number of nitrogens with zero attached hydrogens (tertiary/aromatic N) is 1. The normalized spacial score (nSPS) is 11.1. The minimum atomic E-state index is 0.148. The van der Waals surface area contributed by atoms with Gasteiger partial charge in [0.15, 0.2) is 0 Å². The fourth-order valence-corrected chi connectivity index (χ4v) is 1.93. The molecule has 0 aliphatic carbocycles. The first kappa shape index (κ1) is 15.5. The van der Waals surface area contributed by atoms with Crippen LogP contribution in [0, 0.1) is 11.3 Å². The van der Waals surface area contributed by atoms with Gasteiger partial charge >= 0.3 is 0 Å². The molecule has 0 saturated carbocycles. The van der Waals surface area contributed by atoms with E-state index in [1.165, 1.54) is 11.1 Å². The summed E-state index contributed by atoms with van der Waals surface area (Å²) in [4.78, 5) is 0. The van der Waals surface area contributed by atoms with E-state index in [9.17, 15) is 0 Å². The van der Waals surface area contributed by atoms with E-state index in [4.69, 9.17) is 10.00 Å². The summed E-state index contributed by atoms with van der Waals surface area (Å²) >= 11 is 0. The average molecular weight is 260 g/mol. The highest BCUT2D eigenvalue weighted by Crippen LogP contribution is 2.28. The highest BCUT2D eigenvalue weighted by atomic mass is 16.5. The zero-order valence-corrected chi connectivity index (χ0v) is 12.4. The van der Waals surface area contributed by atoms with Gasteiger partial charge in [-0.05, 0) is 35.6 Å². The summed E-state index contributed by atoms with van der Waals surface area (Å²) < 4.78 is 5.41. The minimum Gasteiger partial charge on any atom is -0.496 e. The van der Waals surface area contributed by atoms with Crippen LogP contribution in [0.25, 0.3) is 0 Å². The Balaban J connectivity index is 2.71. The smallest absolute Gasteiger partial charge is 0.122 e. The van der Waals surface area contributed by atoms with E-state index < -0.39 is 0 Å². The molecule has 3 nitrogen and oxygen atoms in total. The van der Waals surface area contributed by atoms with Gasteiger partial charge in [-0.25, -0.2) is 0 Å². The van der Waals surface area contributed by atoms with Gasteiger partial charge in [-0.15, -0.1) is 0 Å². The lowest BCUT2D eigenvalue weighted by molar-refractivity contribution is 0.408. The third kappa shape index (κ3) is 4.92. The van der Waals surface area contributed by atoms with Crippen LogP contribution >= 0.6 is 0 Å². The Morgan fingerprint density at radius 3 is 2.58 bits per heavy atom. The molecule has 0 amide bonds. The Labute approximate surface area is 116 Å². The number of methoxy groups -OCH3 is 1. The Bertz CT molecular complexity index is 441. The lowest BCUT2D eigenvalue weighted by Gasteiger charge is -2.21. The molecule has 0 spiro atoms. The standard InChI is InChI=1S/C16H24N2O/c1-16(2,3)14-6-7-15(19-4)13(12-14)8-11-18-10-5-9-17/h6-7,12,18H,5,8,10-11H2,1-4H3. The van der Waals surface area contributed by atoms with Crippen molar-refractivity contribution in [1.29, 1.82) is 5.26 Å². The summed E-state index contributed by atoms with van der Waals surface area (Å²) in [6.07, 6.45) is 1.47. The fraction of sp³-hybridized carbons (Fsp3) is 0.562. The minimum absolute atomic E-state index is 0.148. The van der Waals surface area contributed by atoms with Crippen molar-refractivity contribution in [2.75, 3.05) is 20.2 Å². The van der Waals surface area contributed by atoms with Gasteiger partial charge in [0.25, 0.3) is 0 Å². The van der Waals surface area contributed by atoms with Crippen molar-refractivity contribution in [2.45, 2.75) is 39.0 Å². The molecule has 1 rings (SSSR count). The van der Waals surface area contributed by atoms with Gasteiger partial charge in [0.1, 0.15) is 5.75 Å². The summed E-state index contributed by atoms with van der Waals surface area (Å²) in [6, 6.07) is 8.53. The molecule has 1 aromatic rings. The van der Waals surface area contributed by atoms with Crippen LogP contribution in [0.5, 0.6) is 5.75 Å². The zero-order chi connectivity index (χ0) is 14.3. The summed E-state index contributed by atoms with van der Waals surface area (Å²) in [5.41, 5.74) is 2.69. The molecule has 0 radical (unpaired) electrons. The van der Waals surface area contributed by atoms with E-state index in [-0.39, 0.29) is 5.41 Å². The predicted molar refractivity (Wildman–Crippen MR) is 78.5 cm³/mol. The van der Waals surface area contributed by atoms with Crippen molar-refractivity contribution in [3.63, 3.8) is 0 Å². The van der Waals surface area contributed by atoms with Gasteiger partial charge in [0.2, 0.25) is 0 Å². The predicted octanol–water partition coefficient (Wildman–Crippen LogP) is 3.04. The van der Waals surface area contributed by atoms with Crippen LogP contribution in [-0.4, -0.2) is 20.2 Å². The molecule has 1 aromatic carbocycles. The van der Waals surface area contributed by atoms with Crippen molar-refractivity contribution in [2.24, 2.45) is 0 Å². The van der Waals surface area contributed by atoms with Gasteiger partial charge in [-0.2, -0.15) is 5.26 Å². The first-order chi connectivity index (χ1) is 8.99. The molecule has 0 bridgehead atoms. The van der Waals surface area contributed by atoms with E-state index in [1.807, 2.05) is 6.07 Å². The van der Waals surface area contributed by atoms with E-state index in [1.54, 1.807) is 7.11 Å². The second kappa shape index (κ2) is 7.16. The molecule has 0 saturated heterocycles. The largest absolute Gasteiger partial charge is 0.496 e. The maximum absolute atomic E-state index is 8.48. The molecule has 0 heterocycles. The van der Waals surface area contributed by atoms with Crippen LogP contribution in [0.3, 0.4) is 0 Å². The van der Waals surface area contributed by atoms with Gasteiger partial charge in [-0.1, -0.05) is 32.9 Å². The number of hydrogen-bond donors (Lipinski definition) is 1. The maximum atomic E-state index is 8.48. The van der Waals surface area contributed by atoms with Crippen molar-refractivity contribution in [3.8, 4) is 11.8 Å². The van der Waals surface area contributed by atoms with Crippen LogP contribution in [0.4, 0.5) is 0 Å². The number of nitriles is 1. The van der Waals surface area contributed by atoms with E-state index in [2.05, 4.69) is 44.3 Å². The molecule has 0 atom stereocenters. The number of ether oxygens (including phenoxy) is 1. The SMILES string of the molecule is COc1ccc(C(C)(C)C)cc1CCNCCC#N. The van der Waals surface area contributed by atoms with Crippen molar-refractivity contribution in [3.05, 3.63) is 29.3 Å². The number of hydrogen-bond acceptors (Lipinski definition) is 3. The van der Waals surface area contributed by atoms with Crippen molar-refractivity contribution in [1.82, 2.24) is 5.32 Å². The van der Waals surface area contributed by atoms with Gasteiger partial charge in [-0.3, -0.25) is 0 Å². The Kier molecular flexibility index (Phi) is 5.85. The second-order valence-electron chi connectivity index (χ2n) is 5.68. The number of nitrogens with one attached hydrogen (secondary N) is 1. The molecule has 0 aromatic heterocycles. The Hall–Kier alpha value is -1.53. The third-order valence-corrected chi connectivity index (χ3v) is 3.13. The van der Waals surface area contributed by atoms with Crippen molar-refractivity contribution < 1.29 is 4.74 Å². The molecule has 0 aliphatic rings. The van der Waals surface area contributed by atoms with E-state index in [0.29, 0.717) is 6.42 Å². The highest BCUT2D eigenvalue weighted by Gasteiger charge is 2.15. The Morgan fingerprint density at radius 1 is 1.26 bits per heavy atom. The first-order valence-electron chi connectivity index (χ1n) is 6.74. The van der Waals surface area contributed by atoms with Crippen LogP contribution in [-0.2, 0) is 11.8 Å². The molecule has 1 N–H and O–H groups in total. The summed E-state index contributed by atoms with van der Waals surface area (Å²) in [5, 5.41) is 11.7. The first-order valence-corrected chi connectivity index (χ1v) is 6.74. The molecular formula is C16H24N2O. The number of rotatable bonds is 6. The lowest BCUT2D eigenvalue weighted by Crippen LogP contribution is -2.19. The summed E-state index contributed by atoms with van der Waals surface area (Å²) in [5.74, 6) is 0.940. The average Bonchev–Trinajstić information content (AvgIpc) is 2.37. The Morgan fingerprint density at radius 2 is 2.00 bits per heavy atom. The molecule has 0 fully saturated rings. The topological polar surface area (TPSA) is 45.0 Å². The maximum Gasteiger partial charge on any atom is 0.122 e. The summed E-state index contributed by atoms with van der Waals surface area (Å²) in [7, 11) is 1.71. The van der Waals surface area contributed by atoms with Crippen LogP contribution < -0.4 is 10.1 Å². The monoisotopic (exact) mass is 260 g/mol. The van der Waals surface area contributed by atoms with Crippen LogP contribution in [0.1, 0.15) is 38.3 Å². The molecule has 104 valence electrons. The molecule has 19 heavy (non-hydrogen) atoms. The third-order valence-electron chi connectivity index (χ3n) is 3.13. The lowest BCUT2D eigenvalue weighted by atomic mass is 9.85. The van der Waals surface area contributed by atoms with E-state index in [0.717, 1.165) is 25.3 Å². The molecule has 0 unspecified atom stereocenters. The van der Waals surface area contributed by atoms with Gasteiger partial charge in [0, 0.05) is 13.0 Å². The van der Waals surface area contributed by atoms with Crippen LogP contribution in [0.2, 0.25) is 0 Å². The number of benzene rings is 1. The molecule has 0 aliphatic heterocycles. The van der Waals surface area contributed by atoms with Gasteiger partial charge < -0.3 is 10.1 Å². The van der Waals surface area contributed by atoms with E-state index >= 15 is 0 Å². The molecule has 3 heteroatoms. The molecular weight excluding hydrogens is 236 g/mol. The quantitative estimate of drug-likeness (QED) is 0.800. The van der Waals surface area contributed by atoms with Crippen molar-refractivity contribution >= 4 is 0 Å². The highest BCUT2D eigenvalue weighted by molar-refractivity contribution is 5.39. The second-order valence-corrected chi connectivity index (χ2v) is 5.68. The fourth-order valence-electron chi connectivity index (χ4n) is 1.93. The summed E-state index contributed by atoms with van der Waals surface area (Å²) in [6.45, 7) is 8.25. The van der Waals surface area contributed by atoms with Crippen LogP contribution in [0.15, 0.2) is 18.2 Å². The van der Waals surface area contributed by atoms with Gasteiger partial charge in [0.05, 0.1) is 13.2 Å². The zero-order valence-electron chi connectivity index (χ0n) is 12.4.